The topological polar surface area (TPSA) is 115 Å². The van der Waals surface area contributed by atoms with E-state index in [1.54, 1.807) is 54.3 Å². The molecule has 37 heavy (non-hydrogen) atoms. The van der Waals surface area contributed by atoms with Crippen molar-refractivity contribution in [3.63, 3.8) is 0 Å². The van der Waals surface area contributed by atoms with Gasteiger partial charge < -0.3 is 10.6 Å². The number of aromatic nitrogens is 6. The van der Waals surface area contributed by atoms with Crippen molar-refractivity contribution in [3.05, 3.63) is 89.7 Å². The number of carbonyl (C=O) groups excluding carboxylic acids is 1. The number of aryl methyl sites for hydroxylation is 1. The lowest BCUT2D eigenvalue weighted by Gasteiger charge is -2.28. The van der Waals surface area contributed by atoms with Crippen LogP contribution in [0.5, 0.6) is 0 Å². The Balaban J connectivity index is 1.57. The molecule has 1 atom stereocenters. The molecule has 5 aromatic rings. The monoisotopic (exact) mass is 506 g/mol. The van der Waals surface area contributed by atoms with E-state index in [9.17, 15) is 18.0 Å². The second-order valence-electron chi connectivity index (χ2n) is 8.50. The van der Waals surface area contributed by atoms with Gasteiger partial charge in [0.25, 0.3) is 5.91 Å². The van der Waals surface area contributed by atoms with Crippen molar-refractivity contribution >= 4 is 28.3 Å². The average molecular weight is 506 g/mol. The predicted molar refractivity (Wildman–Crippen MR) is 129 cm³/mol. The number of alkyl halides is 3. The number of fused-ring (bicyclic) bond motifs is 3. The second-order valence-corrected chi connectivity index (χ2v) is 8.50. The Morgan fingerprint density at radius 2 is 1.86 bits per heavy atom. The Bertz CT molecular complexity index is 1600. The first-order chi connectivity index (χ1) is 17.6. The second kappa shape index (κ2) is 9.12. The lowest BCUT2D eigenvalue weighted by atomic mass is 10.1. The van der Waals surface area contributed by atoms with Crippen molar-refractivity contribution < 1.29 is 18.0 Å². The van der Waals surface area contributed by atoms with Crippen molar-refractivity contribution in [2.24, 2.45) is 0 Å². The van der Waals surface area contributed by atoms with Gasteiger partial charge in [0, 0.05) is 29.5 Å². The van der Waals surface area contributed by atoms with Crippen LogP contribution in [0.4, 0.5) is 19.1 Å². The minimum absolute atomic E-state index is 0.0600. The molecule has 0 spiro atoms. The Morgan fingerprint density at radius 1 is 1.11 bits per heavy atom. The summed E-state index contributed by atoms with van der Waals surface area (Å²) in [5, 5.41) is 0.686. The minimum Gasteiger partial charge on any atom is -0.369 e. The summed E-state index contributed by atoms with van der Waals surface area (Å²) < 4.78 is 40.7. The maximum atomic E-state index is 13.9. The van der Waals surface area contributed by atoms with E-state index in [1.807, 2.05) is 6.92 Å². The summed E-state index contributed by atoms with van der Waals surface area (Å²) in [5.74, 6) is 0.273. The van der Waals surface area contributed by atoms with E-state index in [0.717, 1.165) is 23.5 Å². The number of imidazole rings is 1. The first-order valence-corrected chi connectivity index (χ1v) is 11.3. The predicted octanol–water partition coefficient (Wildman–Crippen LogP) is 4.38. The van der Waals surface area contributed by atoms with Crippen LogP contribution in [0.25, 0.3) is 16.4 Å². The third kappa shape index (κ3) is 4.53. The highest BCUT2D eigenvalue weighted by atomic mass is 19.4. The third-order valence-corrected chi connectivity index (χ3v) is 6.10. The SMILES string of the molecule is Cc1ncn2c(N)nc3ccc(C(=O)N(Cc4ccc(C(F)(F)F)cn4)[C@H](C)c4ncccn4)cc3c12. The molecule has 0 saturated carbocycles. The van der Waals surface area contributed by atoms with Crippen molar-refractivity contribution in [1.29, 1.82) is 0 Å². The number of nitrogens with zero attached hydrogens (tertiary/aromatic N) is 7. The smallest absolute Gasteiger partial charge is 0.369 e. The van der Waals surface area contributed by atoms with E-state index in [4.69, 9.17) is 5.73 Å². The fourth-order valence-electron chi connectivity index (χ4n) is 4.15. The molecular formula is C25H21F3N8O. The molecule has 1 aromatic carbocycles. The number of carbonyl (C=O) groups is 1. The van der Waals surface area contributed by atoms with Gasteiger partial charge in [-0.2, -0.15) is 13.2 Å². The maximum Gasteiger partial charge on any atom is 0.417 e. The highest BCUT2D eigenvalue weighted by Gasteiger charge is 2.31. The summed E-state index contributed by atoms with van der Waals surface area (Å²) >= 11 is 0. The number of pyridine rings is 1. The molecule has 0 aliphatic rings. The van der Waals surface area contributed by atoms with Gasteiger partial charge in [0.15, 0.2) is 0 Å². The molecule has 4 aromatic heterocycles. The van der Waals surface area contributed by atoms with Crippen LogP contribution < -0.4 is 5.73 Å². The van der Waals surface area contributed by atoms with Gasteiger partial charge in [-0.15, -0.1) is 0 Å². The summed E-state index contributed by atoms with van der Waals surface area (Å²) in [5.41, 5.74) is 7.87. The number of nitrogens with two attached hydrogens (primary N) is 1. The van der Waals surface area contributed by atoms with Crippen LogP contribution in [-0.4, -0.2) is 40.1 Å². The van der Waals surface area contributed by atoms with Gasteiger partial charge in [-0.05, 0) is 50.2 Å². The van der Waals surface area contributed by atoms with Crippen LogP contribution in [0.2, 0.25) is 0 Å². The largest absolute Gasteiger partial charge is 0.417 e. The molecule has 0 fully saturated rings. The molecule has 0 bridgehead atoms. The molecule has 0 saturated heterocycles. The Kier molecular flexibility index (Phi) is 5.94. The molecule has 4 heterocycles. The Morgan fingerprint density at radius 3 is 2.54 bits per heavy atom. The fourth-order valence-corrected chi connectivity index (χ4v) is 4.15. The lowest BCUT2D eigenvalue weighted by Crippen LogP contribution is -2.34. The van der Waals surface area contributed by atoms with Crippen molar-refractivity contribution in [1.82, 2.24) is 34.2 Å². The van der Waals surface area contributed by atoms with E-state index < -0.39 is 17.8 Å². The zero-order valence-electron chi connectivity index (χ0n) is 19.8. The first-order valence-electron chi connectivity index (χ1n) is 11.3. The number of benzene rings is 1. The van der Waals surface area contributed by atoms with Crippen molar-refractivity contribution in [2.45, 2.75) is 32.6 Å². The Hall–Kier alpha value is -4.61. The lowest BCUT2D eigenvalue weighted by molar-refractivity contribution is -0.137. The highest BCUT2D eigenvalue weighted by molar-refractivity contribution is 6.03. The number of anilines is 1. The quantitative estimate of drug-likeness (QED) is 0.376. The Labute approximate surface area is 208 Å². The number of hydrogen-bond donors (Lipinski definition) is 1. The first kappa shape index (κ1) is 24.1. The molecule has 0 unspecified atom stereocenters. The molecule has 1 amide bonds. The summed E-state index contributed by atoms with van der Waals surface area (Å²) in [6.07, 6.45) is 0.934. The molecule has 2 N–H and O–H groups in total. The van der Waals surface area contributed by atoms with Gasteiger partial charge in [0.2, 0.25) is 5.95 Å². The van der Waals surface area contributed by atoms with E-state index in [2.05, 4.69) is 24.9 Å². The standard InChI is InChI=1S/C25H21F3N8O/c1-14-21-19-10-16(4-7-20(19)34-24(29)36(21)13-33-14)23(37)35(15(2)22-30-8-3-9-31-22)12-18-6-5-17(11-32-18)25(26,27)28/h3-11,13,15H,12H2,1-2H3,(H2,29,34)/t15-/m1/s1. The van der Waals surface area contributed by atoms with Crippen LogP contribution in [0, 0.1) is 6.92 Å². The van der Waals surface area contributed by atoms with Crippen LogP contribution in [0.15, 0.2) is 61.3 Å². The zero-order valence-corrected chi connectivity index (χ0v) is 19.8. The molecule has 0 aliphatic carbocycles. The van der Waals surface area contributed by atoms with Gasteiger partial charge in [0.1, 0.15) is 12.2 Å². The normalized spacial score (nSPS) is 12.7. The number of nitrogen functional groups attached to an aromatic ring is 1. The van der Waals surface area contributed by atoms with E-state index in [-0.39, 0.29) is 24.1 Å². The van der Waals surface area contributed by atoms with E-state index in [0.29, 0.717) is 22.3 Å². The molecular weight excluding hydrogens is 485 g/mol. The van der Waals surface area contributed by atoms with Crippen molar-refractivity contribution in [2.75, 3.05) is 5.73 Å². The van der Waals surface area contributed by atoms with Crippen LogP contribution in [0.1, 0.15) is 46.1 Å². The van der Waals surface area contributed by atoms with E-state index >= 15 is 0 Å². The van der Waals surface area contributed by atoms with Crippen LogP contribution in [0.3, 0.4) is 0 Å². The van der Waals surface area contributed by atoms with Crippen LogP contribution in [-0.2, 0) is 12.7 Å². The zero-order chi connectivity index (χ0) is 26.3. The number of amides is 1. The van der Waals surface area contributed by atoms with Gasteiger partial charge in [-0.25, -0.2) is 19.9 Å². The third-order valence-electron chi connectivity index (χ3n) is 6.10. The molecule has 188 valence electrons. The van der Waals surface area contributed by atoms with Crippen molar-refractivity contribution in [3.8, 4) is 0 Å². The van der Waals surface area contributed by atoms with E-state index in [1.165, 1.54) is 11.0 Å². The van der Waals surface area contributed by atoms with Crippen LogP contribution >= 0.6 is 0 Å². The van der Waals surface area contributed by atoms with Gasteiger partial charge in [0.05, 0.1) is 40.6 Å². The summed E-state index contributed by atoms with van der Waals surface area (Å²) in [4.78, 5) is 36.5. The van der Waals surface area contributed by atoms with Gasteiger partial charge in [-0.3, -0.25) is 14.2 Å². The fraction of sp³-hybridized carbons (Fsp3) is 0.200. The summed E-state index contributed by atoms with van der Waals surface area (Å²) in [6, 6.07) is 8.29. The van der Waals surface area contributed by atoms with Gasteiger partial charge >= 0.3 is 6.18 Å². The summed E-state index contributed by atoms with van der Waals surface area (Å²) in [6.45, 7) is 3.52. The average Bonchev–Trinajstić information content (AvgIpc) is 3.29. The van der Waals surface area contributed by atoms with Gasteiger partial charge in [-0.1, -0.05) is 0 Å². The summed E-state index contributed by atoms with van der Waals surface area (Å²) in [7, 11) is 0. The molecule has 9 nitrogen and oxygen atoms in total. The molecule has 0 aliphatic heterocycles. The molecule has 0 radical (unpaired) electrons. The number of rotatable bonds is 5. The molecule has 5 rings (SSSR count). The number of hydrogen-bond acceptors (Lipinski definition) is 7. The maximum absolute atomic E-state index is 13.9. The highest BCUT2D eigenvalue weighted by Crippen LogP contribution is 2.30. The minimum atomic E-state index is -4.51. The molecule has 12 heteroatoms. The number of halogens is 3.